The number of aromatic nitrogens is 1. The van der Waals surface area contributed by atoms with Crippen molar-refractivity contribution in [3.8, 4) is 11.5 Å². The van der Waals surface area contributed by atoms with Crippen LogP contribution in [0, 0.1) is 13.8 Å². The maximum atomic E-state index is 12.9. The molecule has 0 aliphatic carbocycles. The van der Waals surface area contributed by atoms with E-state index in [1.807, 2.05) is 32.0 Å². The molecule has 156 valence electrons. The standard InChI is InChI=1S/C22H22N2O5S/c1-4-27-19(25)11-24-15-10-13(2)9-14(3)20(15)30-22(24)23-21(26)18-12-28-16-7-5-6-8-17(16)29-18/h5-10,18H,4,11-12H2,1-3H3. The van der Waals surface area contributed by atoms with Crippen molar-refractivity contribution in [2.45, 2.75) is 33.4 Å². The van der Waals surface area contributed by atoms with Gasteiger partial charge in [-0.15, -0.1) is 0 Å². The lowest BCUT2D eigenvalue weighted by Gasteiger charge is -2.23. The zero-order valence-electron chi connectivity index (χ0n) is 17.0. The van der Waals surface area contributed by atoms with Crippen LogP contribution in [-0.4, -0.2) is 35.8 Å². The average molecular weight is 426 g/mol. The van der Waals surface area contributed by atoms with Crippen molar-refractivity contribution in [3.63, 3.8) is 0 Å². The van der Waals surface area contributed by atoms with Crippen molar-refractivity contribution < 1.29 is 23.8 Å². The van der Waals surface area contributed by atoms with Crippen molar-refractivity contribution in [1.82, 2.24) is 4.57 Å². The van der Waals surface area contributed by atoms with Crippen LogP contribution >= 0.6 is 11.3 Å². The monoisotopic (exact) mass is 426 g/mol. The molecule has 0 radical (unpaired) electrons. The van der Waals surface area contributed by atoms with E-state index in [0.29, 0.717) is 16.3 Å². The zero-order valence-corrected chi connectivity index (χ0v) is 17.8. The van der Waals surface area contributed by atoms with Crippen LogP contribution in [0.4, 0.5) is 0 Å². The number of nitrogens with zero attached hydrogens (tertiary/aromatic N) is 2. The first-order chi connectivity index (χ1) is 14.5. The summed E-state index contributed by atoms with van der Waals surface area (Å²) in [5.74, 6) is 0.283. The summed E-state index contributed by atoms with van der Waals surface area (Å²) in [5, 5.41) is 0. The van der Waals surface area contributed by atoms with Gasteiger partial charge in [0.05, 0.1) is 16.8 Å². The maximum Gasteiger partial charge on any atom is 0.326 e. The van der Waals surface area contributed by atoms with E-state index >= 15 is 0 Å². The number of amides is 1. The average Bonchev–Trinajstić information content (AvgIpc) is 3.05. The molecule has 1 amide bonds. The van der Waals surface area contributed by atoms with Crippen LogP contribution in [0.2, 0.25) is 0 Å². The van der Waals surface area contributed by atoms with Gasteiger partial charge in [-0.05, 0) is 50.1 Å². The highest BCUT2D eigenvalue weighted by Gasteiger charge is 2.27. The summed E-state index contributed by atoms with van der Waals surface area (Å²) >= 11 is 1.37. The van der Waals surface area contributed by atoms with Crippen LogP contribution in [0.3, 0.4) is 0 Å². The molecule has 8 heteroatoms. The Labute approximate surface area is 177 Å². The van der Waals surface area contributed by atoms with Crippen LogP contribution in [-0.2, 0) is 20.9 Å². The summed E-state index contributed by atoms with van der Waals surface area (Å²) in [7, 11) is 0. The molecule has 30 heavy (non-hydrogen) atoms. The molecule has 0 bridgehead atoms. The largest absolute Gasteiger partial charge is 0.485 e. The number of rotatable bonds is 4. The van der Waals surface area contributed by atoms with Gasteiger partial charge in [0.2, 0.25) is 6.10 Å². The number of thiazole rings is 1. The quantitative estimate of drug-likeness (QED) is 0.599. The van der Waals surface area contributed by atoms with Gasteiger partial charge in [0.25, 0.3) is 5.91 Å². The number of aryl methyl sites for hydroxylation is 2. The highest BCUT2D eigenvalue weighted by molar-refractivity contribution is 7.16. The number of hydrogen-bond donors (Lipinski definition) is 0. The number of carbonyl (C=O) groups is 2. The fourth-order valence-corrected chi connectivity index (χ4v) is 4.48. The molecule has 2 heterocycles. The van der Waals surface area contributed by atoms with Crippen molar-refractivity contribution >= 4 is 33.4 Å². The number of ether oxygens (including phenoxy) is 3. The van der Waals surface area contributed by atoms with Gasteiger partial charge < -0.3 is 18.8 Å². The van der Waals surface area contributed by atoms with Gasteiger partial charge in [-0.2, -0.15) is 4.99 Å². The predicted octanol–water partition coefficient (Wildman–Crippen LogP) is 3.15. The molecule has 0 saturated heterocycles. The van der Waals surface area contributed by atoms with Gasteiger partial charge in [0.1, 0.15) is 13.2 Å². The second-order valence-electron chi connectivity index (χ2n) is 7.02. The van der Waals surface area contributed by atoms with Crippen molar-refractivity contribution in [2.24, 2.45) is 4.99 Å². The summed E-state index contributed by atoms with van der Waals surface area (Å²) in [5.41, 5.74) is 2.98. The molecule has 1 aliphatic rings. The van der Waals surface area contributed by atoms with Crippen LogP contribution < -0.4 is 14.3 Å². The van der Waals surface area contributed by atoms with Crippen molar-refractivity contribution in [3.05, 3.63) is 52.3 Å². The smallest absolute Gasteiger partial charge is 0.326 e. The van der Waals surface area contributed by atoms with E-state index in [0.717, 1.165) is 21.3 Å². The Morgan fingerprint density at radius 1 is 1.23 bits per heavy atom. The lowest BCUT2D eigenvalue weighted by atomic mass is 10.1. The molecule has 1 aromatic heterocycles. The number of carbonyl (C=O) groups excluding carboxylic acids is 2. The summed E-state index contributed by atoms with van der Waals surface area (Å²) in [6.07, 6.45) is -0.844. The Hall–Kier alpha value is -3.13. The fraction of sp³-hybridized carbons (Fsp3) is 0.318. The lowest BCUT2D eigenvalue weighted by Crippen LogP contribution is -2.37. The summed E-state index contributed by atoms with van der Waals surface area (Å²) in [4.78, 5) is 29.8. The SMILES string of the molecule is CCOC(=O)Cn1c(=NC(=O)C2COc3ccccc3O2)sc2c(C)cc(C)cc21. The van der Waals surface area contributed by atoms with Gasteiger partial charge in [-0.1, -0.05) is 29.5 Å². The van der Waals surface area contributed by atoms with E-state index in [-0.39, 0.29) is 25.7 Å². The second-order valence-corrected chi connectivity index (χ2v) is 8.00. The number of hydrogen-bond acceptors (Lipinski definition) is 6. The third-order valence-corrected chi connectivity index (χ3v) is 5.93. The van der Waals surface area contributed by atoms with E-state index in [2.05, 4.69) is 11.1 Å². The van der Waals surface area contributed by atoms with E-state index < -0.39 is 12.0 Å². The van der Waals surface area contributed by atoms with Crippen LogP contribution in [0.25, 0.3) is 10.2 Å². The van der Waals surface area contributed by atoms with E-state index in [4.69, 9.17) is 14.2 Å². The van der Waals surface area contributed by atoms with Crippen LogP contribution in [0.5, 0.6) is 11.5 Å². The third kappa shape index (κ3) is 3.95. The Kier molecular flexibility index (Phi) is 5.59. The molecule has 0 spiro atoms. The van der Waals surface area contributed by atoms with Crippen LogP contribution in [0.15, 0.2) is 41.4 Å². The normalized spacial score (nSPS) is 16.0. The number of esters is 1. The van der Waals surface area contributed by atoms with Gasteiger partial charge in [-0.25, -0.2) is 0 Å². The van der Waals surface area contributed by atoms with Crippen molar-refractivity contribution in [1.29, 1.82) is 0 Å². The summed E-state index contributed by atoms with van der Waals surface area (Å²) in [6, 6.07) is 11.2. The van der Waals surface area contributed by atoms with Gasteiger partial charge >= 0.3 is 5.97 Å². The summed E-state index contributed by atoms with van der Waals surface area (Å²) in [6.45, 7) is 6.10. The van der Waals surface area contributed by atoms with Gasteiger partial charge in [0, 0.05) is 0 Å². The molecule has 7 nitrogen and oxygen atoms in total. The molecule has 2 aromatic carbocycles. The second kappa shape index (κ2) is 8.31. The molecule has 0 fully saturated rings. The van der Waals surface area contributed by atoms with E-state index in [9.17, 15) is 9.59 Å². The molecule has 0 saturated carbocycles. The minimum atomic E-state index is -0.844. The van der Waals surface area contributed by atoms with Crippen molar-refractivity contribution in [2.75, 3.05) is 13.2 Å². The number of benzene rings is 2. The maximum absolute atomic E-state index is 12.9. The fourth-order valence-electron chi connectivity index (χ4n) is 3.39. The predicted molar refractivity (Wildman–Crippen MR) is 113 cm³/mol. The van der Waals surface area contributed by atoms with Gasteiger partial charge in [-0.3, -0.25) is 9.59 Å². The molecule has 1 aliphatic heterocycles. The van der Waals surface area contributed by atoms with Gasteiger partial charge in [0.15, 0.2) is 16.3 Å². The first-order valence-electron chi connectivity index (χ1n) is 9.69. The van der Waals surface area contributed by atoms with E-state index in [1.54, 1.807) is 23.6 Å². The topological polar surface area (TPSA) is 79.1 Å². The Balaban J connectivity index is 1.73. The molecule has 1 unspecified atom stereocenters. The third-order valence-electron chi connectivity index (χ3n) is 4.70. The lowest BCUT2D eigenvalue weighted by molar-refractivity contribution is -0.143. The Morgan fingerprint density at radius 3 is 2.77 bits per heavy atom. The van der Waals surface area contributed by atoms with E-state index in [1.165, 1.54) is 11.3 Å². The molecule has 0 N–H and O–H groups in total. The first-order valence-corrected chi connectivity index (χ1v) is 10.5. The number of para-hydroxylation sites is 2. The Bertz CT molecular complexity index is 1190. The molecular formula is C22H22N2O5S. The highest BCUT2D eigenvalue weighted by Crippen LogP contribution is 2.31. The molecule has 1 atom stereocenters. The minimum absolute atomic E-state index is 0.0201. The van der Waals surface area contributed by atoms with Crippen LogP contribution in [0.1, 0.15) is 18.1 Å². The zero-order chi connectivity index (χ0) is 21.3. The molecule has 3 aromatic rings. The molecular weight excluding hydrogens is 404 g/mol. The summed E-state index contributed by atoms with van der Waals surface area (Å²) < 4.78 is 19.2. The molecule has 4 rings (SSSR count). The minimum Gasteiger partial charge on any atom is -0.485 e. The highest BCUT2D eigenvalue weighted by atomic mass is 32.1. The number of fused-ring (bicyclic) bond motifs is 2. The first kappa shape index (κ1) is 20.2. The Morgan fingerprint density at radius 2 is 2.00 bits per heavy atom.